The number of nitrogens with two attached hydrogens (primary N) is 2. The number of primary sulfonamides is 1. The zero-order valence-electron chi connectivity index (χ0n) is 12.3. The summed E-state index contributed by atoms with van der Waals surface area (Å²) in [7, 11) is -1.75. The van der Waals surface area contributed by atoms with Crippen LogP contribution in [-0.4, -0.2) is 52.7 Å². The average molecular weight is 314 g/mol. The lowest BCUT2D eigenvalue weighted by Crippen LogP contribution is -2.43. The van der Waals surface area contributed by atoms with Crippen LogP contribution in [0.4, 0.5) is 11.4 Å². The maximum atomic E-state index is 11.6. The lowest BCUT2D eigenvalue weighted by atomic mass is 10.1. The lowest BCUT2D eigenvalue weighted by Gasteiger charge is -2.30. The first-order valence-corrected chi connectivity index (χ1v) is 8.29. The molecule has 0 spiro atoms. The van der Waals surface area contributed by atoms with Gasteiger partial charge in [0.25, 0.3) is 0 Å². The molecule has 0 aromatic heterocycles. The summed E-state index contributed by atoms with van der Waals surface area (Å²) in [6.45, 7) is 4.73. The van der Waals surface area contributed by atoms with Crippen LogP contribution in [0.1, 0.15) is 5.56 Å². The van der Waals surface area contributed by atoms with E-state index in [1.54, 1.807) is 13.0 Å². The third-order valence-electron chi connectivity index (χ3n) is 3.55. The van der Waals surface area contributed by atoms with Gasteiger partial charge in [0.1, 0.15) is 0 Å². The van der Waals surface area contributed by atoms with E-state index < -0.39 is 10.0 Å². The van der Waals surface area contributed by atoms with Crippen LogP contribution in [0.3, 0.4) is 0 Å². The Morgan fingerprint density at radius 2 is 2.19 bits per heavy atom. The number of ether oxygens (including phenoxy) is 1. The average Bonchev–Trinajstić information content (AvgIpc) is 2.38. The summed E-state index contributed by atoms with van der Waals surface area (Å²) >= 11 is 0. The Hall–Kier alpha value is -1.35. The second-order valence-electron chi connectivity index (χ2n) is 5.37. The number of sulfonamides is 1. The third-order valence-corrected chi connectivity index (χ3v) is 4.59. The normalized spacial score (nSPS) is 20.4. The minimum Gasteiger partial charge on any atom is -0.399 e. The highest BCUT2D eigenvalue weighted by Gasteiger charge is 2.19. The molecule has 0 radical (unpaired) electrons. The molecule has 0 bridgehead atoms. The summed E-state index contributed by atoms with van der Waals surface area (Å²) in [5.41, 5.74) is 7.34. The molecule has 1 fully saturated rings. The van der Waals surface area contributed by atoms with Crippen LogP contribution < -0.4 is 16.2 Å². The number of rotatable bonds is 4. The fourth-order valence-corrected chi connectivity index (χ4v) is 3.24. The molecule has 1 unspecified atom stereocenters. The van der Waals surface area contributed by atoms with Crippen molar-refractivity contribution in [3.63, 3.8) is 0 Å². The number of likely N-dealkylation sites (N-methyl/N-ethyl adjacent to an activating group) is 1. The summed E-state index contributed by atoms with van der Waals surface area (Å²) in [6.07, 6.45) is 0.0579. The fraction of sp³-hybridized carbons (Fsp3) is 0.538. The molecule has 0 saturated carbocycles. The molecule has 1 aliphatic heterocycles. The minimum absolute atomic E-state index is 0.0479. The van der Waals surface area contributed by atoms with Gasteiger partial charge in [-0.3, -0.25) is 0 Å². The van der Waals surface area contributed by atoms with Crippen LogP contribution in [0.15, 0.2) is 17.0 Å². The highest BCUT2D eigenvalue weighted by Crippen LogP contribution is 2.26. The first-order chi connectivity index (χ1) is 9.77. The van der Waals surface area contributed by atoms with Gasteiger partial charge in [0.05, 0.1) is 17.6 Å². The summed E-state index contributed by atoms with van der Waals surface area (Å²) < 4.78 is 28.8. The number of benzene rings is 1. The number of nitrogen functional groups attached to an aromatic ring is 1. The van der Waals surface area contributed by atoms with Crippen LogP contribution in [-0.2, 0) is 14.8 Å². The molecule has 8 heteroatoms. The van der Waals surface area contributed by atoms with Crippen LogP contribution >= 0.6 is 0 Å². The Labute approximate surface area is 125 Å². The number of hydrogen-bond acceptors (Lipinski definition) is 6. The molecule has 1 aliphatic rings. The number of hydrogen-bond donors (Lipinski definition) is 3. The van der Waals surface area contributed by atoms with E-state index in [9.17, 15) is 8.42 Å². The highest BCUT2D eigenvalue weighted by molar-refractivity contribution is 7.89. The van der Waals surface area contributed by atoms with Crippen molar-refractivity contribution < 1.29 is 13.2 Å². The van der Waals surface area contributed by atoms with Gasteiger partial charge in [0.15, 0.2) is 0 Å². The van der Waals surface area contributed by atoms with Gasteiger partial charge in [0.2, 0.25) is 10.0 Å². The van der Waals surface area contributed by atoms with E-state index in [1.165, 1.54) is 6.07 Å². The molecular formula is C13H22N4O3S. The van der Waals surface area contributed by atoms with Crippen LogP contribution in [0.2, 0.25) is 0 Å². The quantitative estimate of drug-likeness (QED) is 0.673. The minimum atomic E-state index is -3.79. The van der Waals surface area contributed by atoms with E-state index in [2.05, 4.69) is 10.2 Å². The summed E-state index contributed by atoms with van der Waals surface area (Å²) in [4.78, 5) is 2.24. The van der Waals surface area contributed by atoms with Gasteiger partial charge < -0.3 is 20.7 Å². The second-order valence-corrected chi connectivity index (χ2v) is 6.90. The van der Waals surface area contributed by atoms with Crippen LogP contribution in [0.25, 0.3) is 0 Å². The van der Waals surface area contributed by atoms with Crippen molar-refractivity contribution >= 4 is 21.4 Å². The van der Waals surface area contributed by atoms with Gasteiger partial charge in [-0.15, -0.1) is 0 Å². The number of morpholine rings is 1. The van der Waals surface area contributed by atoms with Crippen LogP contribution in [0.5, 0.6) is 0 Å². The predicted molar refractivity (Wildman–Crippen MR) is 82.7 cm³/mol. The molecular weight excluding hydrogens is 292 g/mol. The molecule has 1 heterocycles. The number of anilines is 2. The van der Waals surface area contributed by atoms with E-state index in [4.69, 9.17) is 15.6 Å². The van der Waals surface area contributed by atoms with Gasteiger partial charge in [0, 0.05) is 31.0 Å². The Bertz CT molecular complexity index is 618. The Balaban J connectivity index is 2.15. The molecule has 0 aliphatic carbocycles. The summed E-state index contributed by atoms with van der Waals surface area (Å²) in [5, 5.41) is 8.41. The maximum Gasteiger partial charge on any atom is 0.238 e. The highest BCUT2D eigenvalue weighted by atomic mass is 32.2. The number of nitrogens with zero attached hydrogens (tertiary/aromatic N) is 1. The lowest BCUT2D eigenvalue weighted by molar-refractivity contribution is -0.0117. The second kappa shape index (κ2) is 6.18. The maximum absolute atomic E-state index is 11.6. The van der Waals surface area contributed by atoms with Crippen molar-refractivity contribution in [1.29, 1.82) is 0 Å². The fourth-order valence-electron chi connectivity index (χ4n) is 2.40. The monoisotopic (exact) mass is 314 g/mol. The molecule has 118 valence electrons. The van der Waals surface area contributed by atoms with Gasteiger partial charge in [-0.1, -0.05) is 0 Å². The number of nitrogens with one attached hydrogen (secondary N) is 1. The van der Waals surface area contributed by atoms with E-state index in [0.717, 1.165) is 13.1 Å². The Morgan fingerprint density at radius 1 is 1.48 bits per heavy atom. The first-order valence-electron chi connectivity index (χ1n) is 6.74. The van der Waals surface area contributed by atoms with E-state index >= 15 is 0 Å². The topological polar surface area (TPSA) is 111 Å². The van der Waals surface area contributed by atoms with Crippen molar-refractivity contribution in [2.45, 2.75) is 17.9 Å². The van der Waals surface area contributed by atoms with Crippen molar-refractivity contribution in [1.82, 2.24) is 4.90 Å². The predicted octanol–water partition coefficient (Wildman–Crippen LogP) is -0.0329. The van der Waals surface area contributed by atoms with E-state index in [1.807, 2.05) is 7.05 Å². The molecule has 1 aromatic carbocycles. The van der Waals surface area contributed by atoms with Crippen molar-refractivity contribution in [3.8, 4) is 0 Å². The Kier molecular flexibility index (Phi) is 4.72. The molecule has 1 saturated heterocycles. The van der Waals surface area contributed by atoms with Gasteiger partial charge in [-0.2, -0.15) is 0 Å². The van der Waals surface area contributed by atoms with Gasteiger partial charge in [-0.05, 0) is 31.7 Å². The summed E-state index contributed by atoms with van der Waals surface area (Å²) in [6, 6.07) is 3.08. The first kappa shape index (κ1) is 16.0. The standard InChI is InChI=1S/C13H22N4O3S/c1-9-12(5-10(14)6-13(9)21(15,18)19)16-7-11-8-17(2)3-4-20-11/h5-6,11,16H,3-4,7-8,14H2,1-2H3,(H2,15,18,19). The van der Waals surface area contributed by atoms with Gasteiger partial charge in [-0.25, -0.2) is 13.6 Å². The molecule has 0 amide bonds. The molecule has 1 atom stereocenters. The van der Waals surface area contributed by atoms with Crippen LogP contribution in [0, 0.1) is 6.92 Å². The van der Waals surface area contributed by atoms with Crippen molar-refractivity contribution in [3.05, 3.63) is 17.7 Å². The van der Waals surface area contributed by atoms with Crippen molar-refractivity contribution in [2.24, 2.45) is 5.14 Å². The van der Waals surface area contributed by atoms with Crippen molar-refractivity contribution in [2.75, 3.05) is 44.3 Å². The van der Waals surface area contributed by atoms with E-state index in [0.29, 0.717) is 30.1 Å². The van der Waals surface area contributed by atoms with E-state index in [-0.39, 0.29) is 11.0 Å². The largest absolute Gasteiger partial charge is 0.399 e. The molecule has 21 heavy (non-hydrogen) atoms. The molecule has 7 nitrogen and oxygen atoms in total. The third kappa shape index (κ3) is 4.07. The zero-order chi connectivity index (χ0) is 15.6. The smallest absolute Gasteiger partial charge is 0.238 e. The molecule has 5 N–H and O–H groups in total. The Morgan fingerprint density at radius 3 is 2.81 bits per heavy atom. The molecule has 1 aromatic rings. The zero-order valence-corrected chi connectivity index (χ0v) is 13.1. The molecule has 2 rings (SSSR count). The summed E-state index contributed by atoms with van der Waals surface area (Å²) in [5.74, 6) is 0. The van der Waals surface area contributed by atoms with Gasteiger partial charge >= 0.3 is 0 Å². The SMILES string of the molecule is Cc1c(NCC2CN(C)CCO2)cc(N)cc1S(N)(=O)=O.